The fraction of sp³-hybridized carbons (Fsp3) is 0.467. The van der Waals surface area contributed by atoms with Crippen molar-refractivity contribution in [3.8, 4) is 0 Å². The molecule has 2 heterocycles. The quantitative estimate of drug-likeness (QED) is 0.789. The molecule has 4 heteroatoms. The Kier molecular flexibility index (Phi) is 4.59. The summed E-state index contributed by atoms with van der Waals surface area (Å²) in [5.74, 6) is 0. The van der Waals surface area contributed by atoms with Gasteiger partial charge >= 0.3 is 0 Å². The first-order chi connectivity index (χ1) is 9.33. The topological polar surface area (TPSA) is 12.0 Å². The Bertz CT molecular complexity index is 500. The predicted molar refractivity (Wildman–Crippen MR) is 85.5 cm³/mol. The Balaban J connectivity index is 1.80. The lowest BCUT2D eigenvalue weighted by Crippen LogP contribution is -2.34. The van der Waals surface area contributed by atoms with E-state index in [1.54, 1.807) is 11.3 Å². The van der Waals surface area contributed by atoms with Gasteiger partial charge in [-0.25, -0.2) is 0 Å². The van der Waals surface area contributed by atoms with Crippen LogP contribution in [0.3, 0.4) is 0 Å². The van der Waals surface area contributed by atoms with Gasteiger partial charge in [-0.3, -0.25) is 0 Å². The van der Waals surface area contributed by atoms with Gasteiger partial charge in [0.25, 0.3) is 0 Å². The van der Waals surface area contributed by atoms with Gasteiger partial charge in [0.2, 0.25) is 0 Å². The summed E-state index contributed by atoms with van der Waals surface area (Å²) in [6.07, 6.45) is 6.73. The first-order valence-electron chi connectivity index (χ1n) is 6.87. The maximum absolute atomic E-state index is 6.10. The molecule has 0 saturated heterocycles. The third-order valence-electron chi connectivity index (χ3n) is 3.71. The second kappa shape index (κ2) is 6.40. The Morgan fingerprint density at radius 3 is 2.58 bits per heavy atom. The highest BCUT2D eigenvalue weighted by Gasteiger charge is 2.22. The molecule has 1 nitrogen and oxygen atoms in total. The molecule has 2 aromatic heterocycles. The SMILES string of the molecule is Clc1ccc(C(NC2CCCCC2)c2cccs2)s1. The zero-order chi connectivity index (χ0) is 13.1. The summed E-state index contributed by atoms with van der Waals surface area (Å²) in [5, 5.41) is 6.00. The lowest BCUT2D eigenvalue weighted by atomic mass is 9.94. The van der Waals surface area contributed by atoms with Crippen molar-refractivity contribution in [1.82, 2.24) is 5.32 Å². The summed E-state index contributed by atoms with van der Waals surface area (Å²) in [5.41, 5.74) is 0. The number of halogens is 1. The standard InChI is InChI=1S/C15H18ClNS2/c16-14-9-8-13(19-14)15(12-7-4-10-18-12)17-11-5-2-1-3-6-11/h4,7-11,15,17H,1-3,5-6H2. The van der Waals surface area contributed by atoms with Crippen molar-refractivity contribution >= 4 is 34.3 Å². The lowest BCUT2D eigenvalue weighted by Gasteiger charge is -2.27. The van der Waals surface area contributed by atoms with Crippen LogP contribution in [0.15, 0.2) is 29.6 Å². The molecule has 0 amide bonds. The molecule has 1 aliphatic rings. The highest BCUT2D eigenvalue weighted by molar-refractivity contribution is 7.16. The summed E-state index contributed by atoms with van der Waals surface area (Å²) in [4.78, 5) is 2.72. The molecule has 102 valence electrons. The molecule has 1 saturated carbocycles. The number of nitrogens with one attached hydrogen (secondary N) is 1. The fourth-order valence-corrected chi connectivity index (χ4v) is 4.77. The third kappa shape index (κ3) is 3.40. The second-order valence-corrected chi connectivity index (χ2v) is 7.82. The largest absolute Gasteiger partial charge is 0.302 e. The van der Waals surface area contributed by atoms with Crippen molar-refractivity contribution in [3.63, 3.8) is 0 Å². The van der Waals surface area contributed by atoms with Crippen LogP contribution in [-0.4, -0.2) is 6.04 Å². The molecule has 3 rings (SSSR count). The van der Waals surface area contributed by atoms with Crippen LogP contribution in [0.25, 0.3) is 0 Å². The van der Waals surface area contributed by atoms with Crippen LogP contribution in [0.2, 0.25) is 4.34 Å². The number of rotatable bonds is 4. The first-order valence-corrected chi connectivity index (χ1v) is 8.95. The molecule has 0 bridgehead atoms. The van der Waals surface area contributed by atoms with Gasteiger partial charge in [0.15, 0.2) is 0 Å². The minimum atomic E-state index is 0.320. The van der Waals surface area contributed by atoms with Gasteiger partial charge in [0.1, 0.15) is 0 Å². The predicted octanol–water partition coefficient (Wildman–Crippen LogP) is 5.47. The van der Waals surface area contributed by atoms with Crippen molar-refractivity contribution in [3.05, 3.63) is 43.7 Å². The summed E-state index contributed by atoms with van der Waals surface area (Å²) in [7, 11) is 0. The summed E-state index contributed by atoms with van der Waals surface area (Å²) in [6.45, 7) is 0. The lowest BCUT2D eigenvalue weighted by molar-refractivity contribution is 0.357. The van der Waals surface area contributed by atoms with Gasteiger partial charge in [-0.2, -0.15) is 0 Å². The molecule has 1 aliphatic carbocycles. The van der Waals surface area contributed by atoms with E-state index in [9.17, 15) is 0 Å². The molecular formula is C15H18ClNS2. The number of hydrogen-bond donors (Lipinski definition) is 1. The Morgan fingerprint density at radius 1 is 1.11 bits per heavy atom. The summed E-state index contributed by atoms with van der Waals surface area (Å²) >= 11 is 9.62. The average molecular weight is 312 g/mol. The van der Waals surface area contributed by atoms with Gasteiger partial charge in [0.05, 0.1) is 10.4 Å². The Hall–Kier alpha value is -0.350. The highest BCUT2D eigenvalue weighted by atomic mass is 35.5. The van der Waals surface area contributed by atoms with Crippen molar-refractivity contribution in [2.75, 3.05) is 0 Å². The molecule has 0 radical (unpaired) electrons. The normalized spacial score (nSPS) is 18.6. The monoisotopic (exact) mass is 311 g/mol. The molecule has 0 spiro atoms. The molecule has 1 atom stereocenters. The molecule has 0 aliphatic heterocycles. The Morgan fingerprint density at radius 2 is 1.95 bits per heavy atom. The van der Waals surface area contributed by atoms with Gasteiger partial charge in [0, 0.05) is 15.8 Å². The maximum Gasteiger partial charge on any atom is 0.0931 e. The molecule has 1 fully saturated rings. The van der Waals surface area contributed by atoms with Gasteiger partial charge in [-0.15, -0.1) is 22.7 Å². The van der Waals surface area contributed by atoms with Crippen LogP contribution in [0.5, 0.6) is 0 Å². The van der Waals surface area contributed by atoms with Crippen LogP contribution in [0, 0.1) is 0 Å². The highest BCUT2D eigenvalue weighted by Crippen LogP contribution is 2.34. The number of thiophene rings is 2. The molecule has 2 aromatic rings. The van der Waals surface area contributed by atoms with Crippen LogP contribution in [0.1, 0.15) is 47.9 Å². The van der Waals surface area contributed by atoms with Crippen molar-refractivity contribution < 1.29 is 0 Å². The van der Waals surface area contributed by atoms with Crippen LogP contribution >= 0.6 is 34.3 Å². The van der Waals surface area contributed by atoms with Gasteiger partial charge < -0.3 is 5.32 Å². The molecule has 1 N–H and O–H groups in total. The zero-order valence-corrected chi connectivity index (χ0v) is 13.2. The summed E-state index contributed by atoms with van der Waals surface area (Å²) in [6, 6.07) is 9.49. The minimum Gasteiger partial charge on any atom is -0.302 e. The summed E-state index contributed by atoms with van der Waals surface area (Å²) < 4.78 is 0.877. The fourth-order valence-electron chi connectivity index (χ4n) is 2.75. The molecule has 0 aromatic carbocycles. The van der Waals surface area contributed by atoms with E-state index in [2.05, 4.69) is 28.9 Å². The van der Waals surface area contributed by atoms with Crippen molar-refractivity contribution in [1.29, 1.82) is 0 Å². The number of hydrogen-bond acceptors (Lipinski definition) is 3. The van der Waals surface area contributed by atoms with Crippen LogP contribution in [0.4, 0.5) is 0 Å². The molecule has 1 unspecified atom stereocenters. The van der Waals surface area contributed by atoms with E-state index in [1.165, 1.54) is 41.9 Å². The zero-order valence-electron chi connectivity index (χ0n) is 10.8. The van der Waals surface area contributed by atoms with E-state index < -0.39 is 0 Å². The van der Waals surface area contributed by atoms with Gasteiger partial charge in [-0.05, 0) is 36.4 Å². The van der Waals surface area contributed by atoms with Crippen molar-refractivity contribution in [2.24, 2.45) is 0 Å². The van der Waals surface area contributed by atoms with E-state index in [0.29, 0.717) is 12.1 Å². The van der Waals surface area contributed by atoms with Gasteiger partial charge in [-0.1, -0.05) is 36.9 Å². The molecular weight excluding hydrogens is 294 g/mol. The van der Waals surface area contributed by atoms with Crippen LogP contribution < -0.4 is 5.32 Å². The maximum atomic E-state index is 6.10. The second-order valence-electron chi connectivity index (χ2n) is 5.09. The average Bonchev–Trinajstić information content (AvgIpc) is 3.09. The third-order valence-corrected chi connectivity index (χ3v) is 5.95. The van der Waals surface area contributed by atoms with E-state index in [-0.39, 0.29) is 0 Å². The van der Waals surface area contributed by atoms with Crippen LogP contribution in [-0.2, 0) is 0 Å². The van der Waals surface area contributed by atoms with E-state index in [1.807, 2.05) is 17.4 Å². The smallest absolute Gasteiger partial charge is 0.0931 e. The molecule has 19 heavy (non-hydrogen) atoms. The Labute approximate surface area is 127 Å². The van der Waals surface area contributed by atoms with E-state index >= 15 is 0 Å². The van der Waals surface area contributed by atoms with Crippen molar-refractivity contribution in [2.45, 2.75) is 44.2 Å². The van der Waals surface area contributed by atoms with E-state index in [0.717, 1.165) is 4.34 Å². The van der Waals surface area contributed by atoms with E-state index in [4.69, 9.17) is 11.6 Å². The minimum absolute atomic E-state index is 0.320. The first kappa shape index (κ1) is 13.6.